The molecular formula is C19H24N4O4. The van der Waals surface area contributed by atoms with Gasteiger partial charge in [-0.3, -0.25) is 14.3 Å². The van der Waals surface area contributed by atoms with Crippen LogP contribution in [-0.4, -0.2) is 27.0 Å². The molecule has 1 aromatic carbocycles. The van der Waals surface area contributed by atoms with E-state index in [1.807, 2.05) is 38.1 Å². The van der Waals surface area contributed by atoms with E-state index in [1.54, 1.807) is 0 Å². The molecule has 0 bridgehead atoms. The number of nitrogens with zero attached hydrogens (tertiary/aromatic N) is 2. The first-order valence-electron chi connectivity index (χ1n) is 9.16. The average Bonchev–Trinajstić information content (AvgIpc) is 3.12. The van der Waals surface area contributed by atoms with Crippen LogP contribution < -0.4 is 21.4 Å². The Labute approximate surface area is 156 Å². The Morgan fingerprint density at radius 3 is 2.67 bits per heavy atom. The molecule has 1 atom stereocenters. The number of nitrogens with one attached hydrogen (secondary N) is 2. The molecule has 1 aliphatic heterocycles. The summed E-state index contributed by atoms with van der Waals surface area (Å²) in [5.41, 5.74) is 3.24. The van der Waals surface area contributed by atoms with Crippen molar-refractivity contribution in [2.24, 2.45) is 5.10 Å². The second-order valence-corrected chi connectivity index (χ2v) is 6.41. The van der Waals surface area contributed by atoms with E-state index in [2.05, 4.69) is 15.5 Å². The van der Waals surface area contributed by atoms with Crippen molar-refractivity contribution in [1.82, 2.24) is 15.0 Å². The minimum Gasteiger partial charge on any atom is -0.494 e. The van der Waals surface area contributed by atoms with Crippen LogP contribution >= 0.6 is 0 Å². The molecule has 0 amide bonds. The first kappa shape index (κ1) is 18.8. The molecule has 8 heteroatoms. The highest BCUT2D eigenvalue weighted by Crippen LogP contribution is 2.27. The van der Waals surface area contributed by atoms with Gasteiger partial charge in [-0.2, -0.15) is 5.10 Å². The van der Waals surface area contributed by atoms with E-state index in [1.165, 1.54) is 4.57 Å². The topological polar surface area (TPSA) is 109 Å². The summed E-state index contributed by atoms with van der Waals surface area (Å²) >= 11 is 0. The zero-order valence-electron chi connectivity index (χ0n) is 15.5. The normalized spacial score (nSPS) is 16.1. The third-order valence-corrected chi connectivity index (χ3v) is 4.54. The Bertz CT molecular complexity index is 944. The fraction of sp³-hybridized carbons (Fsp3) is 0.421. The Kier molecular flexibility index (Phi) is 5.63. The van der Waals surface area contributed by atoms with E-state index < -0.39 is 11.2 Å². The summed E-state index contributed by atoms with van der Waals surface area (Å²) in [6.07, 6.45) is 2.01. The number of aromatic amines is 1. The van der Waals surface area contributed by atoms with Crippen molar-refractivity contribution >= 4 is 5.71 Å². The molecule has 3 N–H and O–H groups in total. The molecule has 1 aromatic heterocycles. The first-order valence-corrected chi connectivity index (χ1v) is 9.16. The van der Waals surface area contributed by atoms with Gasteiger partial charge >= 0.3 is 5.69 Å². The summed E-state index contributed by atoms with van der Waals surface area (Å²) in [5, 5.41) is 14.7. The second-order valence-electron chi connectivity index (χ2n) is 6.41. The van der Waals surface area contributed by atoms with Crippen molar-refractivity contribution in [2.75, 3.05) is 6.61 Å². The van der Waals surface area contributed by atoms with Gasteiger partial charge in [-0.15, -0.1) is 0 Å². The molecule has 0 saturated heterocycles. The molecule has 0 radical (unpaired) electrons. The molecule has 27 heavy (non-hydrogen) atoms. The number of hydrazone groups is 1. The molecule has 2 aromatic rings. The molecule has 1 aliphatic rings. The smallest absolute Gasteiger partial charge is 0.331 e. The highest BCUT2D eigenvalue weighted by atomic mass is 16.5. The van der Waals surface area contributed by atoms with Gasteiger partial charge in [0.1, 0.15) is 11.3 Å². The number of hydrogen-bond acceptors (Lipinski definition) is 6. The van der Waals surface area contributed by atoms with Crippen molar-refractivity contribution in [3.05, 3.63) is 56.2 Å². The monoisotopic (exact) mass is 372 g/mol. The number of hydrogen-bond donors (Lipinski definition) is 3. The molecule has 0 spiro atoms. The summed E-state index contributed by atoms with van der Waals surface area (Å²) in [4.78, 5) is 26.5. The standard InChI is InChI=1S/C19H24N4O4/c1-3-5-10-23-18(25)16(17(24)20-19(23)26)15-11-14(21-22-15)12-6-8-13(9-7-12)27-4-2/h6-9,14,21,25H,3-5,10-11H2,1-2H3,(H,20,24,26)/t14-/m1/s1. The number of unbranched alkanes of at least 4 members (excludes halogenated alkanes) is 1. The van der Waals surface area contributed by atoms with Gasteiger partial charge in [0.25, 0.3) is 5.56 Å². The minimum absolute atomic E-state index is 0.0478. The van der Waals surface area contributed by atoms with Crippen molar-refractivity contribution in [2.45, 2.75) is 45.7 Å². The lowest BCUT2D eigenvalue weighted by molar-refractivity contribution is 0.340. The van der Waals surface area contributed by atoms with Crippen LogP contribution in [0.2, 0.25) is 0 Å². The number of rotatable bonds is 7. The summed E-state index contributed by atoms with van der Waals surface area (Å²) in [5.74, 6) is 0.461. The predicted octanol–water partition coefficient (Wildman–Crippen LogP) is 1.88. The number of aromatic hydroxyl groups is 1. The third kappa shape index (κ3) is 3.89. The number of H-pyrrole nitrogens is 1. The summed E-state index contributed by atoms with van der Waals surface area (Å²) in [6.45, 7) is 4.86. The van der Waals surface area contributed by atoms with E-state index in [-0.39, 0.29) is 17.5 Å². The van der Waals surface area contributed by atoms with Crippen LogP contribution in [0.25, 0.3) is 0 Å². The van der Waals surface area contributed by atoms with E-state index in [0.29, 0.717) is 25.3 Å². The van der Waals surface area contributed by atoms with Crippen molar-refractivity contribution < 1.29 is 9.84 Å². The number of ether oxygens (including phenoxy) is 1. The van der Waals surface area contributed by atoms with Crippen LogP contribution in [-0.2, 0) is 6.54 Å². The van der Waals surface area contributed by atoms with Gasteiger partial charge in [0, 0.05) is 13.0 Å². The van der Waals surface area contributed by atoms with Crippen LogP contribution in [0, 0.1) is 0 Å². The number of aromatic nitrogens is 2. The van der Waals surface area contributed by atoms with E-state index in [9.17, 15) is 14.7 Å². The Balaban J connectivity index is 1.84. The molecule has 144 valence electrons. The molecule has 0 fully saturated rings. The molecule has 0 aliphatic carbocycles. The summed E-state index contributed by atoms with van der Waals surface area (Å²) in [7, 11) is 0. The average molecular weight is 372 g/mol. The lowest BCUT2D eigenvalue weighted by atomic mass is 10.00. The molecule has 0 unspecified atom stereocenters. The molecular weight excluding hydrogens is 348 g/mol. The van der Waals surface area contributed by atoms with Gasteiger partial charge in [0.15, 0.2) is 0 Å². The van der Waals surface area contributed by atoms with Crippen LogP contribution in [0.5, 0.6) is 11.6 Å². The van der Waals surface area contributed by atoms with Gasteiger partial charge in [0.05, 0.1) is 18.4 Å². The van der Waals surface area contributed by atoms with E-state index in [4.69, 9.17) is 4.74 Å². The minimum atomic E-state index is -0.627. The third-order valence-electron chi connectivity index (χ3n) is 4.54. The Hall–Kier alpha value is -3.03. The van der Waals surface area contributed by atoms with Gasteiger partial charge in [-0.25, -0.2) is 4.79 Å². The zero-order valence-corrected chi connectivity index (χ0v) is 15.5. The maximum absolute atomic E-state index is 12.3. The van der Waals surface area contributed by atoms with Crippen molar-refractivity contribution in [3.8, 4) is 11.6 Å². The molecule has 8 nitrogen and oxygen atoms in total. The Morgan fingerprint density at radius 2 is 2.00 bits per heavy atom. The molecule has 3 rings (SSSR count). The Morgan fingerprint density at radius 1 is 1.26 bits per heavy atom. The fourth-order valence-corrected chi connectivity index (χ4v) is 3.10. The van der Waals surface area contributed by atoms with Gasteiger partial charge in [0.2, 0.25) is 5.88 Å². The largest absolute Gasteiger partial charge is 0.494 e. The predicted molar refractivity (Wildman–Crippen MR) is 103 cm³/mol. The van der Waals surface area contributed by atoms with Crippen LogP contribution in [0.15, 0.2) is 39.0 Å². The zero-order chi connectivity index (χ0) is 19.4. The summed E-state index contributed by atoms with van der Waals surface area (Å²) in [6, 6.07) is 7.52. The van der Waals surface area contributed by atoms with E-state index in [0.717, 1.165) is 24.2 Å². The second kappa shape index (κ2) is 8.11. The maximum Gasteiger partial charge on any atom is 0.331 e. The lowest BCUT2D eigenvalue weighted by Gasteiger charge is -2.12. The number of benzene rings is 1. The summed E-state index contributed by atoms with van der Waals surface area (Å²) < 4.78 is 6.63. The highest BCUT2D eigenvalue weighted by molar-refractivity contribution is 6.03. The van der Waals surface area contributed by atoms with Gasteiger partial charge in [-0.05, 0) is 31.0 Å². The van der Waals surface area contributed by atoms with Crippen molar-refractivity contribution in [3.63, 3.8) is 0 Å². The van der Waals surface area contributed by atoms with Gasteiger partial charge < -0.3 is 15.3 Å². The van der Waals surface area contributed by atoms with Crippen LogP contribution in [0.4, 0.5) is 0 Å². The van der Waals surface area contributed by atoms with Crippen LogP contribution in [0.1, 0.15) is 50.3 Å². The first-order chi connectivity index (χ1) is 13.0. The van der Waals surface area contributed by atoms with E-state index >= 15 is 0 Å². The molecule has 2 heterocycles. The van der Waals surface area contributed by atoms with Crippen molar-refractivity contribution in [1.29, 1.82) is 0 Å². The molecule has 0 saturated carbocycles. The fourth-order valence-electron chi connectivity index (χ4n) is 3.10. The highest BCUT2D eigenvalue weighted by Gasteiger charge is 2.27. The lowest BCUT2D eigenvalue weighted by Crippen LogP contribution is -2.33. The van der Waals surface area contributed by atoms with Crippen LogP contribution in [0.3, 0.4) is 0 Å². The SMILES string of the molecule is CCCCn1c(O)c(C2=NN[C@@H](c3ccc(OCC)cc3)C2)c(=O)[nH]c1=O. The van der Waals surface area contributed by atoms with Gasteiger partial charge in [-0.1, -0.05) is 25.5 Å². The quantitative estimate of drug-likeness (QED) is 0.688. The maximum atomic E-state index is 12.3.